The van der Waals surface area contributed by atoms with Gasteiger partial charge >= 0.3 is 0 Å². The Balaban J connectivity index is 1.97. The van der Waals surface area contributed by atoms with Gasteiger partial charge in [-0.25, -0.2) is 4.39 Å². The number of aromatic nitrogens is 1. The molecule has 1 heterocycles. The first-order valence-electron chi connectivity index (χ1n) is 6.02. The average molecular weight is 255 g/mol. The highest BCUT2D eigenvalue weighted by Gasteiger charge is 2.05. The van der Waals surface area contributed by atoms with Crippen LogP contribution in [0, 0.1) is 17.1 Å². The predicted octanol–water partition coefficient (Wildman–Crippen LogP) is 2.94. The Bertz CT molecular complexity index is 587. The Morgan fingerprint density at radius 2 is 2.05 bits per heavy atom. The molecule has 3 nitrogen and oxygen atoms in total. The summed E-state index contributed by atoms with van der Waals surface area (Å²) >= 11 is 0. The van der Waals surface area contributed by atoms with Crippen molar-refractivity contribution >= 4 is 0 Å². The number of hydrogen-bond donors (Lipinski definition) is 1. The molecular formula is C15H14FN3. The van der Waals surface area contributed by atoms with Crippen molar-refractivity contribution < 1.29 is 4.39 Å². The van der Waals surface area contributed by atoms with Crippen LogP contribution in [-0.2, 0) is 6.54 Å². The number of nitrogens with one attached hydrogen (secondary N) is 1. The van der Waals surface area contributed by atoms with Gasteiger partial charge in [0.25, 0.3) is 0 Å². The molecule has 0 aliphatic rings. The molecule has 2 rings (SSSR count). The van der Waals surface area contributed by atoms with Crippen LogP contribution in [0.4, 0.5) is 4.39 Å². The second kappa shape index (κ2) is 6.07. The summed E-state index contributed by atoms with van der Waals surface area (Å²) in [6.07, 6.45) is 2.83. The van der Waals surface area contributed by atoms with Crippen LogP contribution in [0.1, 0.15) is 29.7 Å². The summed E-state index contributed by atoms with van der Waals surface area (Å²) in [5.41, 5.74) is 2.54. The number of halogens is 1. The Labute approximate surface area is 111 Å². The van der Waals surface area contributed by atoms with Crippen LogP contribution in [0.5, 0.6) is 0 Å². The molecule has 0 saturated heterocycles. The van der Waals surface area contributed by atoms with E-state index in [9.17, 15) is 4.39 Å². The molecule has 0 spiro atoms. The summed E-state index contributed by atoms with van der Waals surface area (Å²) in [6.45, 7) is 2.57. The third-order valence-corrected chi connectivity index (χ3v) is 2.91. The van der Waals surface area contributed by atoms with E-state index >= 15 is 0 Å². The highest BCUT2D eigenvalue weighted by atomic mass is 19.1. The molecule has 96 valence electrons. The molecule has 0 aliphatic carbocycles. The first kappa shape index (κ1) is 13.2. The molecule has 1 aromatic carbocycles. The third-order valence-electron chi connectivity index (χ3n) is 2.91. The van der Waals surface area contributed by atoms with E-state index < -0.39 is 0 Å². The van der Waals surface area contributed by atoms with Crippen LogP contribution in [0.3, 0.4) is 0 Å². The number of nitrogens with zero attached hydrogens (tertiary/aromatic N) is 2. The van der Waals surface area contributed by atoms with E-state index in [4.69, 9.17) is 5.26 Å². The van der Waals surface area contributed by atoms with Gasteiger partial charge in [0.05, 0.1) is 17.8 Å². The van der Waals surface area contributed by atoms with Crippen LogP contribution in [-0.4, -0.2) is 4.98 Å². The minimum absolute atomic E-state index is 0.121. The molecule has 0 aliphatic heterocycles. The molecule has 1 aromatic heterocycles. The average Bonchev–Trinajstić information content (AvgIpc) is 2.45. The zero-order valence-corrected chi connectivity index (χ0v) is 10.6. The molecule has 0 amide bonds. The fourth-order valence-electron chi connectivity index (χ4n) is 1.79. The first-order valence-corrected chi connectivity index (χ1v) is 6.02. The summed E-state index contributed by atoms with van der Waals surface area (Å²) in [6, 6.07) is 11.1. The van der Waals surface area contributed by atoms with Gasteiger partial charge < -0.3 is 5.32 Å². The van der Waals surface area contributed by atoms with Crippen molar-refractivity contribution in [1.29, 1.82) is 5.26 Å². The Morgan fingerprint density at radius 3 is 2.68 bits per heavy atom. The maximum Gasteiger partial charge on any atom is 0.141 e. The number of benzene rings is 1. The quantitative estimate of drug-likeness (QED) is 0.913. The SMILES string of the molecule is CC(NCc1cncc(F)c1)c1ccc(C#N)cc1. The van der Waals surface area contributed by atoms with Crippen LogP contribution in [0.15, 0.2) is 42.7 Å². The topological polar surface area (TPSA) is 48.7 Å². The summed E-state index contributed by atoms with van der Waals surface area (Å²) in [5, 5.41) is 12.0. The first-order chi connectivity index (χ1) is 9.19. The van der Waals surface area contributed by atoms with Gasteiger partial charge in [-0.15, -0.1) is 0 Å². The molecule has 2 aromatic rings. The predicted molar refractivity (Wildman–Crippen MR) is 70.6 cm³/mol. The molecule has 19 heavy (non-hydrogen) atoms. The zero-order valence-electron chi connectivity index (χ0n) is 10.6. The van der Waals surface area contributed by atoms with Crippen molar-refractivity contribution in [3.05, 3.63) is 65.2 Å². The largest absolute Gasteiger partial charge is 0.306 e. The Hall–Kier alpha value is -2.25. The molecule has 4 heteroatoms. The number of hydrogen-bond acceptors (Lipinski definition) is 3. The molecule has 0 fully saturated rings. The maximum atomic E-state index is 13.0. The van der Waals surface area contributed by atoms with Gasteiger partial charge in [-0.2, -0.15) is 5.26 Å². The van der Waals surface area contributed by atoms with Gasteiger partial charge in [-0.1, -0.05) is 12.1 Å². The van der Waals surface area contributed by atoms with E-state index in [-0.39, 0.29) is 11.9 Å². The molecule has 1 atom stereocenters. The lowest BCUT2D eigenvalue weighted by molar-refractivity contribution is 0.566. The lowest BCUT2D eigenvalue weighted by Gasteiger charge is -2.14. The number of rotatable bonds is 4. The zero-order chi connectivity index (χ0) is 13.7. The van der Waals surface area contributed by atoms with Crippen LogP contribution in [0.2, 0.25) is 0 Å². The molecule has 1 unspecified atom stereocenters. The van der Waals surface area contributed by atoms with E-state index in [1.54, 1.807) is 18.3 Å². The van der Waals surface area contributed by atoms with Gasteiger partial charge in [0.2, 0.25) is 0 Å². The van der Waals surface area contributed by atoms with Crippen molar-refractivity contribution in [1.82, 2.24) is 10.3 Å². The third kappa shape index (κ3) is 3.60. The molecule has 0 saturated carbocycles. The minimum atomic E-state index is -0.328. The second-order valence-electron chi connectivity index (χ2n) is 4.35. The van der Waals surface area contributed by atoms with Crippen LogP contribution < -0.4 is 5.32 Å². The molecule has 0 radical (unpaired) electrons. The molecule has 0 bridgehead atoms. The lowest BCUT2D eigenvalue weighted by Crippen LogP contribution is -2.18. The Kier molecular flexibility index (Phi) is 4.22. The fraction of sp³-hybridized carbons (Fsp3) is 0.200. The van der Waals surface area contributed by atoms with Gasteiger partial charge in [0, 0.05) is 18.8 Å². The number of pyridine rings is 1. The van der Waals surface area contributed by atoms with Gasteiger partial charge in [-0.05, 0) is 36.2 Å². The van der Waals surface area contributed by atoms with Crippen molar-refractivity contribution in [2.45, 2.75) is 19.5 Å². The van der Waals surface area contributed by atoms with E-state index in [1.807, 2.05) is 19.1 Å². The summed E-state index contributed by atoms with van der Waals surface area (Å²) < 4.78 is 13.0. The normalized spacial score (nSPS) is 11.8. The molecule has 1 N–H and O–H groups in total. The van der Waals surface area contributed by atoms with Crippen LogP contribution in [0.25, 0.3) is 0 Å². The summed E-state index contributed by atoms with van der Waals surface area (Å²) in [4.78, 5) is 3.81. The second-order valence-corrected chi connectivity index (χ2v) is 4.35. The summed E-state index contributed by atoms with van der Waals surface area (Å²) in [7, 11) is 0. The van der Waals surface area contributed by atoms with Crippen molar-refractivity contribution in [2.75, 3.05) is 0 Å². The Morgan fingerprint density at radius 1 is 1.32 bits per heavy atom. The van der Waals surface area contributed by atoms with Gasteiger partial charge in [-0.3, -0.25) is 4.98 Å². The van der Waals surface area contributed by atoms with E-state index in [2.05, 4.69) is 16.4 Å². The maximum absolute atomic E-state index is 13.0. The standard InChI is InChI=1S/C15H14FN3/c1-11(14-4-2-12(7-17)3-5-14)19-9-13-6-15(16)10-18-8-13/h2-6,8,10-11,19H,9H2,1H3. The van der Waals surface area contributed by atoms with Gasteiger partial charge in [0.1, 0.15) is 5.82 Å². The van der Waals surface area contributed by atoms with Gasteiger partial charge in [0.15, 0.2) is 0 Å². The number of nitriles is 1. The van der Waals surface area contributed by atoms with E-state index in [0.29, 0.717) is 12.1 Å². The highest BCUT2D eigenvalue weighted by molar-refractivity contribution is 5.32. The van der Waals surface area contributed by atoms with Crippen molar-refractivity contribution in [3.8, 4) is 6.07 Å². The fourth-order valence-corrected chi connectivity index (χ4v) is 1.79. The minimum Gasteiger partial charge on any atom is -0.306 e. The lowest BCUT2D eigenvalue weighted by atomic mass is 10.1. The smallest absolute Gasteiger partial charge is 0.141 e. The van der Waals surface area contributed by atoms with E-state index in [0.717, 1.165) is 11.1 Å². The molecular weight excluding hydrogens is 241 g/mol. The van der Waals surface area contributed by atoms with Crippen molar-refractivity contribution in [3.63, 3.8) is 0 Å². The highest BCUT2D eigenvalue weighted by Crippen LogP contribution is 2.14. The van der Waals surface area contributed by atoms with Crippen molar-refractivity contribution in [2.24, 2.45) is 0 Å². The summed E-state index contributed by atoms with van der Waals surface area (Å²) in [5.74, 6) is -0.328. The van der Waals surface area contributed by atoms with Crippen LogP contribution >= 0.6 is 0 Å². The van der Waals surface area contributed by atoms with E-state index in [1.165, 1.54) is 12.3 Å². The monoisotopic (exact) mass is 255 g/mol.